The van der Waals surface area contributed by atoms with Gasteiger partial charge in [-0.1, -0.05) is 61.8 Å². The molecule has 0 unspecified atom stereocenters. The second-order valence-electron chi connectivity index (χ2n) is 5.60. The first kappa shape index (κ1) is 15.0. The zero-order chi connectivity index (χ0) is 14.6. The molecule has 0 aliphatic rings. The maximum atomic E-state index is 13.1. The molecular formula is C17H19ClFN. The molecule has 0 aliphatic heterocycles. The molecule has 0 fully saturated rings. The summed E-state index contributed by atoms with van der Waals surface area (Å²) < 4.78 is 13.1. The van der Waals surface area contributed by atoms with Crippen LogP contribution in [-0.4, -0.2) is 6.54 Å². The summed E-state index contributed by atoms with van der Waals surface area (Å²) in [5, 5.41) is 3.58. The van der Waals surface area contributed by atoms with Crippen LogP contribution in [0.15, 0.2) is 48.5 Å². The van der Waals surface area contributed by atoms with Gasteiger partial charge < -0.3 is 5.32 Å². The molecule has 3 heteroatoms. The summed E-state index contributed by atoms with van der Waals surface area (Å²) in [6.07, 6.45) is 0. The Bertz CT molecular complexity index is 566. The van der Waals surface area contributed by atoms with Gasteiger partial charge in [0.25, 0.3) is 0 Å². The largest absolute Gasteiger partial charge is 0.312 e. The van der Waals surface area contributed by atoms with Crippen LogP contribution < -0.4 is 5.32 Å². The highest BCUT2D eigenvalue weighted by molar-refractivity contribution is 6.30. The highest BCUT2D eigenvalue weighted by Crippen LogP contribution is 2.22. The first-order valence-electron chi connectivity index (χ1n) is 6.69. The number of halogens is 2. The zero-order valence-electron chi connectivity index (χ0n) is 11.8. The van der Waals surface area contributed by atoms with Crippen LogP contribution in [0.3, 0.4) is 0 Å². The molecule has 2 aromatic carbocycles. The molecule has 2 rings (SSSR count). The van der Waals surface area contributed by atoms with Gasteiger partial charge in [0, 0.05) is 18.5 Å². The van der Waals surface area contributed by atoms with E-state index in [0.717, 1.165) is 12.1 Å². The third-order valence-electron chi connectivity index (χ3n) is 3.44. The van der Waals surface area contributed by atoms with E-state index in [4.69, 9.17) is 11.6 Å². The van der Waals surface area contributed by atoms with Crippen molar-refractivity contribution in [2.45, 2.75) is 25.8 Å². The third kappa shape index (κ3) is 3.81. The Hall–Kier alpha value is -1.38. The fraction of sp³-hybridized carbons (Fsp3) is 0.294. The second-order valence-corrected chi connectivity index (χ2v) is 6.01. The summed E-state index contributed by atoms with van der Waals surface area (Å²) in [4.78, 5) is 0. The van der Waals surface area contributed by atoms with Crippen molar-refractivity contribution < 1.29 is 4.39 Å². The molecule has 1 N–H and O–H groups in total. The second kappa shape index (κ2) is 6.38. The Morgan fingerprint density at radius 3 is 2.45 bits per heavy atom. The SMILES string of the molecule is CC(C)(CNCc1ccc(F)c(Cl)c1)c1ccccc1. The van der Waals surface area contributed by atoms with Gasteiger partial charge in [0.05, 0.1) is 5.02 Å². The quantitative estimate of drug-likeness (QED) is 0.852. The van der Waals surface area contributed by atoms with Gasteiger partial charge in [-0.15, -0.1) is 0 Å². The molecule has 0 spiro atoms. The topological polar surface area (TPSA) is 12.0 Å². The molecule has 1 nitrogen and oxygen atoms in total. The van der Waals surface area contributed by atoms with E-state index in [1.54, 1.807) is 12.1 Å². The van der Waals surface area contributed by atoms with Crippen molar-refractivity contribution in [2.24, 2.45) is 0 Å². The van der Waals surface area contributed by atoms with E-state index >= 15 is 0 Å². The van der Waals surface area contributed by atoms with Gasteiger partial charge in [-0.2, -0.15) is 0 Å². The monoisotopic (exact) mass is 291 g/mol. The average Bonchev–Trinajstić information content (AvgIpc) is 2.44. The van der Waals surface area contributed by atoms with E-state index in [2.05, 4.69) is 43.4 Å². The lowest BCUT2D eigenvalue weighted by Crippen LogP contribution is -2.32. The maximum Gasteiger partial charge on any atom is 0.141 e. The molecule has 0 radical (unpaired) electrons. The minimum Gasteiger partial charge on any atom is -0.312 e. The first-order chi connectivity index (χ1) is 9.49. The predicted molar refractivity (Wildman–Crippen MR) is 82.6 cm³/mol. The summed E-state index contributed by atoms with van der Waals surface area (Å²) in [6.45, 7) is 5.92. The zero-order valence-corrected chi connectivity index (χ0v) is 12.5. The number of nitrogens with one attached hydrogen (secondary N) is 1. The van der Waals surface area contributed by atoms with E-state index < -0.39 is 0 Å². The number of hydrogen-bond acceptors (Lipinski definition) is 1. The van der Waals surface area contributed by atoms with E-state index in [1.165, 1.54) is 11.6 Å². The Morgan fingerprint density at radius 1 is 1.10 bits per heavy atom. The molecule has 106 valence electrons. The fourth-order valence-corrected chi connectivity index (χ4v) is 2.36. The van der Waals surface area contributed by atoms with Crippen molar-refractivity contribution in [1.29, 1.82) is 0 Å². The van der Waals surface area contributed by atoms with Crippen LogP contribution in [0.25, 0.3) is 0 Å². The Labute approximate surface area is 124 Å². The van der Waals surface area contributed by atoms with Gasteiger partial charge >= 0.3 is 0 Å². The predicted octanol–water partition coefficient (Wildman–Crippen LogP) is 4.55. The summed E-state index contributed by atoms with van der Waals surface area (Å²) in [6, 6.07) is 15.2. The lowest BCUT2D eigenvalue weighted by Gasteiger charge is -2.25. The lowest BCUT2D eigenvalue weighted by atomic mass is 9.84. The summed E-state index contributed by atoms with van der Waals surface area (Å²) in [7, 11) is 0. The van der Waals surface area contributed by atoms with Crippen molar-refractivity contribution in [2.75, 3.05) is 6.54 Å². The van der Waals surface area contributed by atoms with Gasteiger partial charge in [0.1, 0.15) is 5.82 Å². The van der Waals surface area contributed by atoms with Crippen molar-refractivity contribution >= 4 is 11.6 Å². The van der Waals surface area contributed by atoms with Crippen LogP contribution >= 0.6 is 11.6 Å². The van der Waals surface area contributed by atoms with E-state index in [9.17, 15) is 4.39 Å². The highest BCUT2D eigenvalue weighted by Gasteiger charge is 2.19. The molecular weight excluding hydrogens is 273 g/mol. The van der Waals surface area contributed by atoms with Gasteiger partial charge in [0.2, 0.25) is 0 Å². The van der Waals surface area contributed by atoms with Gasteiger partial charge in [0.15, 0.2) is 0 Å². The van der Waals surface area contributed by atoms with Crippen molar-refractivity contribution in [3.63, 3.8) is 0 Å². The number of benzene rings is 2. The van der Waals surface area contributed by atoms with Crippen molar-refractivity contribution in [3.05, 3.63) is 70.5 Å². The number of rotatable bonds is 5. The standard InChI is InChI=1S/C17H19ClFN/c1-17(2,14-6-4-3-5-7-14)12-20-11-13-8-9-16(19)15(18)10-13/h3-10,20H,11-12H2,1-2H3. The summed E-state index contributed by atoms with van der Waals surface area (Å²) in [5.41, 5.74) is 2.33. The van der Waals surface area contributed by atoms with Crippen LogP contribution in [0.1, 0.15) is 25.0 Å². The Kier molecular flexibility index (Phi) is 4.79. The Morgan fingerprint density at radius 2 is 1.80 bits per heavy atom. The highest BCUT2D eigenvalue weighted by atomic mass is 35.5. The molecule has 0 bridgehead atoms. The minimum absolute atomic E-state index is 0.0467. The van der Waals surface area contributed by atoms with Crippen LogP contribution in [-0.2, 0) is 12.0 Å². The van der Waals surface area contributed by atoms with Gasteiger partial charge in [-0.3, -0.25) is 0 Å². The molecule has 0 saturated heterocycles. The molecule has 20 heavy (non-hydrogen) atoms. The third-order valence-corrected chi connectivity index (χ3v) is 3.72. The summed E-state index contributed by atoms with van der Waals surface area (Å²) in [5.74, 6) is -0.375. The molecule has 0 saturated carbocycles. The number of hydrogen-bond donors (Lipinski definition) is 1. The molecule has 2 aromatic rings. The summed E-state index contributed by atoms with van der Waals surface area (Å²) >= 11 is 5.78. The van der Waals surface area contributed by atoms with Gasteiger partial charge in [-0.25, -0.2) is 4.39 Å². The van der Waals surface area contributed by atoms with Crippen LogP contribution in [0, 0.1) is 5.82 Å². The first-order valence-corrected chi connectivity index (χ1v) is 7.07. The molecule has 0 atom stereocenters. The minimum atomic E-state index is -0.375. The van der Waals surface area contributed by atoms with Gasteiger partial charge in [-0.05, 0) is 23.3 Å². The smallest absolute Gasteiger partial charge is 0.141 e. The molecule has 0 aliphatic carbocycles. The molecule has 0 aromatic heterocycles. The van der Waals surface area contributed by atoms with Crippen molar-refractivity contribution in [1.82, 2.24) is 5.32 Å². The van der Waals surface area contributed by atoms with E-state index in [0.29, 0.717) is 6.54 Å². The lowest BCUT2D eigenvalue weighted by molar-refractivity contribution is 0.469. The Balaban J connectivity index is 1.93. The van der Waals surface area contributed by atoms with Crippen LogP contribution in [0.5, 0.6) is 0 Å². The average molecular weight is 292 g/mol. The fourth-order valence-electron chi connectivity index (χ4n) is 2.16. The van der Waals surface area contributed by atoms with E-state index in [-0.39, 0.29) is 16.3 Å². The normalized spacial score (nSPS) is 11.6. The molecule has 0 heterocycles. The van der Waals surface area contributed by atoms with Crippen LogP contribution in [0.2, 0.25) is 5.02 Å². The molecule has 0 amide bonds. The van der Waals surface area contributed by atoms with Crippen molar-refractivity contribution in [3.8, 4) is 0 Å². The maximum absolute atomic E-state index is 13.1. The van der Waals surface area contributed by atoms with Crippen LogP contribution in [0.4, 0.5) is 4.39 Å². The van der Waals surface area contributed by atoms with E-state index in [1.807, 2.05) is 6.07 Å².